The Balaban J connectivity index is 1.61. The lowest BCUT2D eigenvalue weighted by molar-refractivity contribution is 0.243. The summed E-state index contributed by atoms with van der Waals surface area (Å²) in [5, 5.41) is 10.4. The summed E-state index contributed by atoms with van der Waals surface area (Å²) in [5.41, 5.74) is 5.01. The monoisotopic (exact) mass is 421 g/mol. The van der Waals surface area contributed by atoms with E-state index in [0.29, 0.717) is 13.1 Å². The van der Waals surface area contributed by atoms with E-state index in [1.165, 1.54) is 0 Å². The Morgan fingerprint density at radius 3 is 2.58 bits per heavy atom. The zero-order chi connectivity index (χ0) is 22.4. The number of hydrogen-bond donors (Lipinski definition) is 2. The number of hydrogen-bond acceptors (Lipinski definition) is 4. The Hall–Kier alpha value is -3.32. The van der Waals surface area contributed by atoms with E-state index in [1.54, 1.807) is 7.11 Å². The number of ether oxygens (including phenoxy) is 1. The third-order valence-electron chi connectivity index (χ3n) is 5.18. The molecule has 2 amide bonds. The second-order valence-corrected chi connectivity index (χ2v) is 7.88. The molecule has 1 atom stereocenters. The van der Waals surface area contributed by atoms with E-state index >= 15 is 0 Å². The average molecular weight is 422 g/mol. The minimum absolute atomic E-state index is 0.0261. The lowest BCUT2D eigenvalue weighted by Gasteiger charge is -2.25. The van der Waals surface area contributed by atoms with Crippen LogP contribution in [0.15, 0.2) is 54.6 Å². The SMILES string of the molecule is COc1cccc(C(CNC(=O)Nc2cccc(Cn3nc(C)cc3C)c2)N(C)C)c1. The van der Waals surface area contributed by atoms with E-state index in [1.807, 2.05) is 81.2 Å². The van der Waals surface area contributed by atoms with Gasteiger partial charge in [0.1, 0.15) is 5.75 Å². The number of carbonyl (C=O) groups is 1. The summed E-state index contributed by atoms with van der Waals surface area (Å²) in [6.07, 6.45) is 0. The number of urea groups is 1. The van der Waals surface area contributed by atoms with Gasteiger partial charge >= 0.3 is 6.03 Å². The topological polar surface area (TPSA) is 71.4 Å². The molecule has 3 rings (SSSR count). The molecule has 0 radical (unpaired) electrons. The van der Waals surface area contributed by atoms with Gasteiger partial charge in [-0.05, 0) is 69.4 Å². The van der Waals surface area contributed by atoms with E-state index in [4.69, 9.17) is 4.74 Å². The highest BCUT2D eigenvalue weighted by molar-refractivity contribution is 5.89. The van der Waals surface area contributed by atoms with Crippen molar-refractivity contribution in [1.29, 1.82) is 0 Å². The predicted octanol–water partition coefficient (Wildman–Crippen LogP) is 3.98. The van der Waals surface area contributed by atoms with Crippen LogP contribution in [0.2, 0.25) is 0 Å². The second kappa shape index (κ2) is 10.1. The highest BCUT2D eigenvalue weighted by Gasteiger charge is 2.16. The molecule has 0 bridgehead atoms. The molecule has 0 aliphatic heterocycles. The minimum Gasteiger partial charge on any atom is -0.497 e. The first-order valence-corrected chi connectivity index (χ1v) is 10.3. The zero-order valence-corrected chi connectivity index (χ0v) is 18.8. The molecule has 0 saturated heterocycles. The number of rotatable bonds is 8. The molecule has 7 heteroatoms. The van der Waals surface area contributed by atoms with Crippen LogP contribution < -0.4 is 15.4 Å². The largest absolute Gasteiger partial charge is 0.497 e. The molecule has 0 saturated carbocycles. The van der Waals surface area contributed by atoms with Gasteiger partial charge in [-0.15, -0.1) is 0 Å². The Morgan fingerprint density at radius 1 is 1.13 bits per heavy atom. The van der Waals surface area contributed by atoms with Crippen LogP contribution in [0.5, 0.6) is 5.75 Å². The third kappa shape index (κ3) is 6.08. The third-order valence-corrected chi connectivity index (χ3v) is 5.18. The van der Waals surface area contributed by atoms with Crippen LogP contribution in [-0.2, 0) is 6.54 Å². The first-order chi connectivity index (χ1) is 14.9. The molecule has 0 aliphatic rings. The van der Waals surface area contributed by atoms with E-state index in [0.717, 1.165) is 34.0 Å². The van der Waals surface area contributed by atoms with Gasteiger partial charge in [0, 0.05) is 17.9 Å². The standard InChI is InChI=1S/C24H31N5O2/c1-17-12-18(2)29(27-17)16-19-8-6-10-21(13-19)26-24(30)25-15-23(28(3)4)20-9-7-11-22(14-20)31-5/h6-14,23H,15-16H2,1-5H3,(H2,25,26,30). The molecule has 7 nitrogen and oxygen atoms in total. The maximum atomic E-state index is 12.5. The van der Waals surface area contributed by atoms with Crippen molar-refractivity contribution in [2.75, 3.05) is 33.1 Å². The summed E-state index contributed by atoms with van der Waals surface area (Å²) in [4.78, 5) is 14.6. The number of amides is 2. The van der Waals surface area contributed by atoms with Gasteiger partial charge in [0.25, 0.3) is 0 Å². The minimum atomic E-state index is -0.238. The number of benzene rings is 2. The van der Waals surface area contributed by atoms with Gasteiger partial charge < -0.3 is 20.3 Å². The van der Waals surface area contributed by atoms with Gasteiger partial charge in [0.15, 0.2) is 0 Å². The normalized spacial score (nSPS) is 11.9. The van der Waals surface area contributed by atoms with Crippen LogP contribution in [0.4, 0.5) is 10.5 Å². The van der Waals surface area contributed by atoms with Crippen molar-refractivity contribution in [3.63, 3.8) is 0 Å². The summed E-state index contributed by atoms with van der Waals surface area (Å²) in [5.74, 6) is 0.799. The average Bonchev–Trinajstić information content (AvgIpc) is 3.05. The fourth-order valence-electron chi connectivity index (χ4n) is 3.57. The molecule has 31 heavy (non-hydrogen) atoms. The molecule has 3 aromatic rings. The Bertz CT molecular complexity index is 1030. The number of nitrogens with zero attached hydrogens (tertiary/aromatic N) is 3. The molecule has 1 aromatic heterocycles. The number of nitrogens with one attached hydrogen (secondary N) is 2. The van der Waals surface area contributed by atoms with Crippen LogP contribution in [0.3, 0.4) is 0 Å². The smallest absolute Gasteiger partial charge is 0.319 e. The summed E-state index contributed by atoms with van der Waals surface area (Å²) < 4.78 is 7.29. The summed E-state index contributed by atoms with van der Waals surface area (Å²) in [7, 11) is 5.64. The maximum Gasteiger partial charge on any atom is 0.319 e. The molecule has 164 valence electrons. The molecule has 0 spiro atoms. The number of aryl methyl sites for hydroxylation is 2. The van der Waals surface area contributed by atoms with Gasteiger partial charge in [-0.3, -0.25) is 4.68 Å². The lowest BCUT2D eigenvalue weighted by atomic mass is 10.1. The van der Waals surface area contributed by atoms with E-state index in [9.17, 15) is 4.79 Å². The van der Waals surface area contributed by atoms with Crippen molar-refractivity contribution in [3.05, 3.63) is 77.1 Å². The molecule has 2 aromatic carbocycles. The maximum absolute atomic E-state index is 12.5. The van der Waals surface area contributed by atoms with Gasteiger partial charge in [-0.25, -0.2) is 4.79 Å². The van der Waals surface area contributed by atoms with Crippen molar-refractivity contribution < 1.29 is 9.53 Å². The van der Waals surface area contributed by atoms with Gasteiger partial charge in [0.2, 0.25) is 0 Å². The quantitative estimate of drug-likeness (QED) is 0.577. The summed E-state index contributed by atoms with van der Waals surface area (Å²) >= 11 is 0. The summed E-state index contributed by atoms with van der Waals surface area (Å²) in [6, 6.07) is 17.6. The predicted molar refractivity (Wildman–Crippen MR) is 124 cm³/mol. The highest BCUT2D eigenvalue weighted by atomic mass is 16.5. The Labute approximate surface area is 184 Å². The zero-order valence-electron chi connectivity index (χ0n) is 18.8. The van der Waals surface area contributed by atoms with Crippen molar-refractivity contribution in [3.8, 4) is 5.75 Å². The fraction of sp³-hybridized carbons (Fsp3) is 0.333. The molecule has 0 aliphatic carbocycles. The number of methoxy groups -OCH3 is 1. The number of anilines is 1. The van der Waals surface area contributed by atoms with Crippen LogP contribution in [0.1, 0.15) is 28.6 Å². The van der Waals surface area contributed by atoms with Gasteiger partial charge in [-0.1, -0.05) is 24.3 Å². The Morgan fingerprint density at radius 2 is 1.90 bits per heavy atom. The van der Waals surface area contributed by atoms with Crippen LogP contribution in [0.25, 0.3) is 0 Å². The number of carbonyl (C=O) groups excluding carboxylic acids is 1. The summed E-state index contributed by atoms with van der Waals surface area (Å²) in [6.45, 7) is 5.16. The molecule has 0 fully saturated rings. The van der Waals surface area contributed by atoms with Crippen molar-refractivity contribution in [2.45, 2.75) is 26.4 Å². The van der Waals surface area contributed by atoms with Crippen molar-refractivity contribution in [1.82, 2.24) is 20.0 Å². The molecule has 2 N–H and O–H groups in total. The van der Waals surface area contributed by atoms with E-state index in [2.05, 4.69) is 26.7 Å². The van der Waals surface area contributed by atoms with Gasteiger partial charge in [-0.2, -0.15) is 5.10 Å². The fourth-order valence-corrected chi connectivity index (χ4v) is 3.57. The van der Waals surface area contributed by atoms with Gasteiger partial charge in [0.05, 0.1) is 25.4 Å². The van der Waals surface area contributed by atoms with Crippen LogP contribution in [0, 0.1) is 13.8 Å². The second-order valence-electron chi connectivity index (χ2n) is 7.88. The Kier molecular flexibility index (Phi) is 7.31. The van der Waals surface area contributed by atoms with Crippen LogP contribution >= 0.6 is 0 Å². The lowest BCUT2D eigenvalue weighted by Crippen LogP contribution is -2.36. The number of aromatic nitrogens is 2. The van der Waals surface area contributed by atoms with Crippen molar-refractivity contribution >= 4 is 11.7 Å². The van der Waals surface area contributed by atoms with Crippen LogP contribution in [-0.4, -0.2) is 48.5 Å². The molecular weight excluding hydrogens is 390 g/mol. The molecule has 1 heterocycles. The molecule has 1 unspecified atom stereocenters. The first-order valence-electron chi connectivity index (χ1n) is 10.3. The van der Waals surface area contributed by atoms with Crippen molar-refractivity contribution in [2.24, 2.45) is 0 Å². The number of likely N-dealkylation sites (N-methyl/N-ethyl adjacent to an activating group) is 1. The molecular formula is C24H31N5O2. The highest BCUT2D eigenvalue weighted by Crippen LogP contribution is 2.22. The van der Waals surface area contributed by atoms with E-state index in [-0.39, 0.29) is 12.1 Å². The first kappa shape index (κ1) is 22.4. The van der Waals surface area contributed by atoms with E-state index < -0.39 is 0 Å².